The molecule has 1 amide bonds. The highest BCUT2D eigenvalue weighted by Crippen LogP contribution is 2.31. The van der Waals surface area contributed by atoms with Crippen LogP contribution in [-0.4, -0.2) is 37.0 Å². The van der Waals surface area contributed by atoms with Gasteiger partial charge < -0.3 is 19.5 Å². The molecule has 0 bridgehead atoms. The zero-order valence-corrected chi connectivity index (χ0v) is 18.3. The van der Waals surface area contributed by atoms with Gasteiger partial charge in [-0.3, -0.25) is 14.4 Å². The Kier molecular flexibility index (Phi) is 7.76. The summed E-state index contributed by atoms with van der Waals surface area (Å²) in [6.07, 6.45) is -0.519. The number of fused-ring (bicyclic) bond motifs is 1. The van der Waals surface area contributed by atoms with Crippen LogP contribution in [0.2, 0.25) is 10.0 Å². The molecule has 9 heteroatoms. The molecule has 0 aliphatic carbocycles. The van der Waals surface area contributed by atoms with E-state index in [9.17, 15) is 14.4 Å². The van der Waals surface area contributed by atoms with Gasteiger partial charge in [0, 0.05) is 23.4 Å². The molecule has 0 fully saturated rings. The lowest BCUT2D eigenvalue weighted by Crippen LogP contribution is -2.30. The van der Waals surface area contributed by atoms with Crippen LogP contribution >= 0.6 is 23.2 Å². The third kappa shape index (κ3) is 6.35. The molecular weight excluding hydrogens is 445 g/mol. The lowest BCUT2D eigenvalue weighted by Gasteiger charge is -2.14. The number of nitrogens with one attached hydrogen (secondary N) is 1. The summed E-state index contributed by atoms with van der Waals surface area (Å²) in [5.41, 5.74) is 0.767. The fourth-order valence-electron chi connectivity index (χ4n) is 2.83. The Morgan fingerprint density at radius 2 is 1.77 bits per heavy atom. The van der Waals surface area contributed by atoms with Gasteiger partial charge in [-0.05, 0) is 43.3 Å². The molecular formula is C22H21Cl2NO6. The van der Waals surface area contributed by atoms with Crippen LogP contribution < -0.4 is 14.8 Å². The second-order valence-electron chi connectivity index (χ2n) is 6.88. The first-order valence-corrected chi connectivity index (χ1v) is 10.5. The van der Waals surface area contributed by atoms with Crippen molar-refractivity contribution in [3.8, 4) is 11.5 Å². The standard InChI is InChI=1S/C22H21Cl2NO6/c1-13(22(28)25-17-5-4-15(23)12-16(17)24)31-21(27)8-6-18(26)14-3-7-19-20(11-14)30-10-2-9-29-19/h3-5,7,11-13H,2,6,8-10H2,1H3,(H,25,28)/t13-/m0/s1. The monoisotopic (exact) mass is 465 g/mol. The van der Waals surface area contributed by atoms with Gasteiger partial charge in [0.2, 0.25) is 0 Å². The zero-order chi connectivity index (χ0) is 22.4. The molecule has 2 aromatic rings. The van der Waals surface area contributed by atoms with Crippen molar-refractivity contribution in [3.63, 3.8) is 0 Å². The van der Waals surface area contributed by atoms with Crippen LogP contribution in [0.25, 0.3) is 0 Å². The van der Waals surface area contributed by atoms with Gasteiger partial charge in [-0.2, -0.15) is 0 Å². The van der Waals surface area contributed by atoms with E-state index in [2.05, 4.69) is 5.32 Å². The van der Waals surface area contributed by atoms with Gasteiger partial charge in [-0.1, -0.05) is 23.2 Å². The van der Waals surface area contributed by atoms with Crippen molar-refractivity contribution in [2.24, 2.45) is 0 Å². The van der Waals surface area contributed by atoms with Crippen molar-refractivity contribution in [3.05, 3.63) is 52.0 Å². The lowest BCUT2D eigenvalue weighted by atomic mass is 10.1. The largest absolute Gasteiger partial charge is 0.490 e. The van der Waals surface area contributed by atoms with Crippen LogP contribution in [0.5, 0.6) is 11.5 Å². The molecule has 164 valence electrons. The Hall–Kier alpha value is -2.77. The molecule has 0 unspecified atom stereocenters. The second-order valence-corrected chi connectivity index (χ2v) is 7.72. The van der Waals surface area contributed by atoms with Gasteiger partial charge in [0.15, 0.2) is 23.4 Å². The summed E-state index contributed by atoms with van der Waals surface area (Å²) in [6.45, 7) is 2.50. The van der Waals surface area contributed by atoms with E-state index in [1.54, 1.807) is 30.3 Å². The van der Waals surface area contributed by atoms with E-state index in [1.165, 1.54) is 13.0 Å². The maximum Gasteiger partial charge on any atom is 0.307 e. The number of ketones is 1. The highest BCUT2D eigenvalue weighted by Gasteiger charge is 2.20. The van der Waals surface area contributed by atoms with E-state index < -0.39 is 18.0 Å². The van der Waals surface area contributed by atoms with Gasteiger partial charge in [-0.25, -0.2) is 0 Å². The summed E-state index contributed by atoms with van der Waals surface area (Å²) in [4.78, 5) is 36.8. The molecule has 1 aliphatic rings. The summed E-state index contributed by atoms with van der Waals surface area (Å²) in [5.74, 6) is -0.344. The third-order valence-electron chi connectivity index (χ3n) is 4.49. The van der Waals surface area contributed by atoms with Crippen LogP contribution in [0.4, 0.5) is 5.69 Å². The molecule has 0 saturated carbocycles. The first kappa shape index (κ1) is 22.9. The van der Waals surface area contributed by atoms with Gasteiger partial charge >= 0.3 is 5.97 Å². The minimum atomic E-state index is -1.06. The summed E-state index contributed by atoms with van der Waals surface area (Å²) in [7, 11) is 0. The first-order valence-electron chi connectivity index (χ1n) is 9.71. The summed E-state index contributed by atoms with van der Waals surface area (Å²) >= 11 is 11.8. The van der Waals surface area contributed by atoms with Crippen LogP contribution in [0.1, 0.15) is 36.5 Å². The zero-order valence-electron chi connectivity index (χ0n) is 16.8. The number of hydrogen-bond acceptors (Lipinski definition) is 6. The Bertz CT molecular complexity index is 994. The van der Waals surface area contributed by atoms with Crippen LogP contribution in [0.3, 0.4) is 0 Å². The molecule has 2 aromatic carbocycles. The number of amides is 1. The lowest BCUT2D eigenvalue weighted by molar-refractivity contribution is -0.153. The van der Waals surface area contributed by atoms with Gasteiger partial charge in [0.25, 0.3) is 5.91 Å². The number of anilines is 1. The van der Waals surface area contributed by atoms with E-state index in [4.69, 9.17) is 37.4 Å². The molecule has 7 nitrogen and oxygen atoms in total. The molecule has 31 heavy (non-hydrogen) atoms. The topological polar surface area (TPSA) is 90.9 Å². The number of ether oxygens (including phenoxy) is 3. The number of carbonyl (C=O) groups is 3. The number of hydrogen-bond donors (Lipinski definition) is 1. The van der Waals surface area contributed by atoms with Crippen LogP contribution in [0.15, 0.2) is 36.4 Å². The van der Waals surface area contributed by atoms with E-state index in [0.29, 0.717) is 41.0 Å². The van der Waals surface area contributed by atoms with Crippen LogP contribution in [-0.2, 0) is 14.3 Å². The molecule has 1 atom stereocenters. The Morgan fingerprint density at radius 1 is 1.03 bits per heavy atom. The third-order valence-corrected chi connectivity index (χ3v) is 5.04. The van der Waals surface area contributed by atoms with Gasteiger partial charge in [0.05, 0.1) is 30.3 Å². The summed E-state index contributed by atoms with van der Waals surface area (Å²) in [6, 6.07) is 9.53. The molecule has 0 saturated heterocycles. The summed E-state index contributed by atoms with van der Waals surface area (Å²) < 4.78 is 16.2. The quantitative estimate of drug-likeness (QED) is 0.471. The molecule has 1 aliphatic heterocycles. The smallest absolute Gasteiger partial charge is 0.307 e. The molecule has 1 heterocycles. The maximum atomic E-state index is 12.4. The van der Waals surface area contributed by atoms with Gasteiger partial charge in [-0.15, -0.1) is 0 Å². The fraction of sp³-hybridized carbons (Fsp3) is 0.318. The van der Waals surface area contributed by atoms with Crippen molar-refractivity contribution in [2.45, 2.75) is 32.3 Å². The number of Topliss-reactive ketones (excluding diaryl/α,β-unsaturated/α-hetero) is 1. The average molecular weight is 466 g/mol. The normalized spacial score (nSPS) is 13.6. The molecule has 1 N–H and O–H groups in total. The molecule has 0 aromatic heterocycles. The fourth-order valence-corrected chi connectivity index (χ4v) is 3.29. The SMILES string of the molecule is C[C@H](OC(=O)CCC(=O)c1ccc2c(c1)OCCCO2)C(=O)Nc1ccc(Cl)cc1Cl. The minimum Gasteiger partial charge on any atom is -0.490 e. The first-order chi connectivity index (χ1) is 14.8. The minimum absolute atomic E-state index is 0.0597. The number of benzene rings is 2. The summed E-state index contributed by atoms with van der Waals surface area (Å²) in [5, 5.41) is 3.26. The number of esters is 1. The Labute approximate surface area is 189 Å². The van der Waals surface area contributed by atoms with Crippen molar-refractivity contribution < 1.29 is 28.6 Å². The predicted molar refractivity (Wildman–Crippen MR) is 116 cm³/mol. The molecule has 0 spiro atoms. The van der Waals surface area contributed by atoms with Crippen molar-refractivity contribution in [1.29, 1.82) is 0 Å². The second kappa shape index (κ2) is 10.5. The molecule has 0 radical (unpaired) electrons. The Morgan fingerprint density at radius 3 is 2.52 bits per heavy atom. The van der Waals surface area contributed by atoms with Gasteiger partial charge in [0.1, 0.15) is 0 Å². The van der Waals surface area contributed by atoms with Crippen molar-refractivity contribution in [1.82, 2.24) is 0 Å². The van der Waals surface area contributed by atoms with Crippen molar-refractivity contribution >= 4 is 46.5 Å². The number of halogens is 2. The van der Waals surface area contributed by atoms with Crippen LogP contribution in [0, 0.1) is 0 Å². The predicted octanol–water partition coefficient (Wildman–Crippen LogP) is 4.69. The highest BCUT2D eigenvalue weighted by molar-refractivity contribution is 6.36. The Balaban J connectivity index is 1.49. The van der Waals surface area contributed by atoms with E-state index in [1.807, 2.05) is 0 Å². The van der Waals surface area contributed by atoms with Crippen molar-refractivity contribution in [2.75, 3.05) is 18.5 Å². The maximum absolute atomic E-state index is 12.4. The molecule has 3 rings (SSSR count). The number of carbonyl (C=O) groups excluding carboxylic acids is 3. The number of rotatable bonds is 7. The van der Waals surface area contributed by atoms with E-state index in [-0.39, 0.29) is 23.6 Å². The highest BCUT2D eigenvalue weighted by atomic mass is 35.5. The van der Waals surface area contributed by atoms with E-state index in [0.717, 1.165) is 6.42 Å². The average Bonchev–Trinajstić information content (AvgIpc) is 2.98. The van der Waals surface area contributed by atoms with E-state index >= 15 is 0 Å².